The summed E-state index contributed by atoms with van der Waals surface area (Å²) in [6.45, 7) is 3.87. The zero-order valence-corrected chi connectivity index (χ0v) is 13.4. The SMILES string of the molecule is CCOC(=O)C(CCSC1COC1)(NC)c1ccccc1. The van der Waals surface area contributed by atoms with Crippen LogP contribution in [0.15, 0.2) is 30.3 Å². The molecule has 0 saturated carbocycles. The Balaban J connectivity index is 2.12. The number of carbonyl (C=O) groups is 1. The van der Waals surface area contributed by atoms with Crippen LogP contribution in [0.2, 0.25) is 0 Å². The molecule has 0 spiro atoms. The van der Waals surface area contributed by atoms with Crippen LogP contribution in [0, 0.1) is 0 Å². The predicted octanol–water partition coefficient (Wildman–Crippen LogP) is 2.19. The van der Waals surface area contributed by atoms with Crippen LogP contribution in [0.5, 0.6) is 0 Å². The van der Waals surface area contributed by atoms with Crippen molar-refractivity contribution in [2.75, 3.05) is 32.6 Å². The lowest BCUT2D eigenvalue weighted by molar-refractivity contribution is -0.151. The van der Waals surface area contributed by atoms with Crippen molar-refractivity contribution in [3.05, 3.63) is 35.9 Å². The van der Waals surface area contributed by atoms with Crippen molar-refractivity contribution >= 4 is 17.7 Å². The summed E-state index contributed by atoms with van der Waals surface area (Å²) in [6, 6.07) is 9.81. The molecule has 0 bridgehead atoms. The van der Waals surface area contributed by atoms with E-state index in [2.05, 4.69) is 5.32 Å². The van der Waals surface area contributed by atoms with Gasteiger partial charge in [-0.2, -0.15) is 11.8 Å². The first-order chi connectivity index (χ1) is 10.2. The lowest BCUT2D eigenvalue weighted by atomic mass is 9.87. The highest BCUT2D eigenvalue weighted by Gasteiger charge is 2.40. The second kappa shape index (κ2) is 7.82. The van der Waals surface area contributed by atoms with Crippen molar-refractivity contribution < 1.29 is 14.3 Å². The third-order valence-electron chi connectivity index (χ3n) is 3.76. The predicted molar refractivity (Wildman–Crippen MR) is 85.5 cm³/mol. The molecule has 1 atom stereocenters. The number of rotatable bonds is 8. The van der Waals surface area contributed by atoms with Crippen LogP contribution < -0.4 is 5.32 Å². The van der Waals surface area contributed by atoms with Gasteiger partial charge in [0.15, 0.2) is 0 Å². The van der Waals surface area contributed by atoms with E-state index in [-0.39, 0.29) is 5.97 Å². The summed E-state index contributed by atoms with van der Waals surface area (Å²) in [6.07, 6.45) is 0.702. The molecule has 0 radical (unpaired) electrons. The molecule has 21 heavy (non-hydrogen) atoms. The monoisotopic (exact) mass is 309 g/mol. The summed E-state index contributed by atoms with van der Waals surface area (Å²) in [5.41, 5.74) is 0.186. The van der Waals surface area contributed by atoms with Crippen LogP contribution in [0.25, 0.3) is 0 Å². The fourth-order valence-corrected chi connectivity index (χ4v) is 3.54. The van der Waals surface area contributed by atoms with Crippen molar-refractivity contribution in [3.8, 4) is 0 Å². The van der Waals surface area contributed by atoms with Crippen LogP contribution in [0.1, 0.15) is 18.9 Å². The minimum atomic E-state index is -0.769. The molecule has 1 aliphatic rings. The fourth-order valence-electron chi connectivity index (χ4n) is 2.40. The summed E-state index contributed by atoms with van der Waals surface area (Å²) < 4.78 is 10.5. The van der Waals surface area contributed by atoms with Crippen molar-refractivity contribution in [1.29, 1.82) is 0 Å². The van der Waals surface area contributed by atoms with E-state index in [1.807, 2.05) is 56.1 Å². The van der Waals surface area contributed by atoms with Gasteiger partial charge in [-0.3, -0.25) is 0 Å². The first kappa shape index (κ1) is 16.3. The number of benzene rings is 1. The lowest BCUT2D eigenvalue weighted by Crippen LogP contribution is -2.49. The number of nitrogens with one attached hydrogen (secondary N) is 1. The molecule has 1 saturated heterocycles. The molecular weight excluding hydrogens is 286 g/mol. The molecule has 1 aromatic rings. The molecule has 1 aromatic carbocycles. The third-order valence-corrected chi connectivity index (χ3v) is 4.94. The fraction of sp³-hybridized carbons (Fsp3) is 0.562. The van der Waals surface area contributed by atoms with Gasteiger partial charge < -0.3 is 14.8 Å². The molecule has 0 aliphatic carbocycles. The largest absolute Gasteiger partial charge is 0.464 e. The topological polar surface area (TPSA) is 47.6 Å². The van der Waals surface area contributed by atoms with Gasteiger partial charge in [0.05, 0.1) is 25.1 Å². The summed E-state index contributed by atoms with van der Waals surface area (Å²) in [7, 11) is 1.82. The van der Waals surface area contributed by atoms with Crippen LogP contribution in [0.4, 0.5) is 0 Å². The molecule has 1 N–H and O–H groups in total. The van der Waals surface area contributed by atoms with E-state index in [4.69, 9.17) is 9.47 Å². The Bertz CT molecular complexity index is 450. The Labute approximate surface area is 130 Å². The third kappa shape index (κ3) is 3.78. The van der Waals surface area contributed by atoms with Crippen LogP contribution >= 0.6 is 11.8 Å². The first-order valence-corrected chi connectivity index (χ1v) is 8.39. The Morgan fingerprint density at radius 3 is 2.67 bits per heavy atom. The van der Waals surface area contributed by atoms with Crippen molar-refractivity contribution in [1.82, 2.24) is 5.32 Å². The zero-order valence-electron chi connectivity index (χ0n) is 12.6. The molecule has 1 heterocycles. The van der Waals surface area contributed by atoms with Crippen molar-refractivity contribution in [3.63, 3.8) is 0 Å². The molecule has 2 rings (SSSR count). The highest BCUT2D eigenvalue weighted by Crippen LogP contribution is 2.30. The highest BCUT2D eigenvalue weighted by atomic mass is 32.2. The average Bonchev–Trinajstić information content (AvgIpc) is 2.47. The molecule has 4 nitrogen and oxygen atoms in total. The zero-order chi connectivity index (χ0) is 15.1. The van der Waals surface area contributed by atoms with Crippen LogP contribution in [-0.4, -0.2) is 43.8 Å². The standard InChI is InChI=1S/C16H23NO3S/c1-3-20-15(18)16(17-2,13-7-5-4-6-8-13)9-10-21-14-11-19-12-14/h4-8,14,17H,3,9-12H2,1-2H3. The number of hydrogen-bond acceptors (Lipinski definition) is 5. The molecule has 0 aromatic heterocycles. The lowest BCUT2D eigenvalue weighted by Gasteiger charge is -2.33. The van der Waals surface area contributed by atoms with Gasteiger partial charge in [-0.15, -0.1) is 0 Å². The maximum Gasteiger partial charge on any atom is 0.331 e. The second-order valence-electron chi connectivity index (χ2n) is 5.02. The van der Waals surface area contributed by atoms with Gasteiger partial charge in [0.2, 0.25) is 0 Å². The normalized spacial score (nSPS) is 17.8. The Kier molecular flexibility index (Phi) is 6.08. The number of thioether (sulfide) groups is 1. The Morgan fingerprint density at radius 2 is 2.14 bits per heavy atom. The van der Waals surface area contributed by atoms with E-state index < -0.39 is 5.54 Å². The second-order valence-corrected chi connectivity index (χ2v) is 6.43. The molecule has 0 amide bonds. The van der Waals surface area contributed by atoms with Gasteiger partial charge in [-0.05, 0) is 31.7 Å². The first-order valence-electron chi connectivity index (χ1n) is 7.34. The summed E-state index contributed by atoms with van der Waals surface area (Å²) >= 11 is 1.86. The smallest absolute Gasteiger partial charge is 0.331 e. The quantitative estimate of drug-likeness (QED) is 0.746. The Hall–Kier alpha value is -1.04. The maximum atomic E-state index is 12.5. The minimum absolute atomic E-state index is 0.204. The van der Waals surface area contributed by atoms with E-state index in [0.29, 0.717) is 18.3 Å². The van der Waals surface area contributed by atoms with Gasteiger partial charge in [0.25, 0.3) is 0 Å². The van der Waals surface area contributed by atoms with Gasteiger partial charge >= 0.3 is 5.97 Å². The number of likely N-dealkylation sites (N-methyl/N-ethyl adjacent to an activating group) is 1. The Morgan fingerprint density at radius 1 is 1.43 bits per heavy atom. The van der Waals surface area contributed by atoms with E-state index in [9.17, 15) is 4.79 Å². The molecule has 1 aliphatic heterocycles. The maximum absolute atomic E-state index is 12.5. The highest BCUT2D eigenvalue weighted by molar-refractivity contribution is 8.00. The number of esters is 1. The van der Waals surface area contributed by atoms with Gasteiger partial charge in [-0.25, -0.2) is 4.79 Å². The van der Waals surface area contributed by atoms with Crippen LogP contribution in [-0.2, 0) is 19.8 Å². The van der Waals surface area contributed by atoms with E-state index in [1.54, 1.807) is 0 Å². The molecule has 5 heteroatoms. The van der Waals surface area contributed by atoms with Gasteiger partial charge in [-0.1, -0.05) is 30.3 Å². The van der Waals surface area contributed by atoms with Crippen molar-refractivity contribution in [2.24, 2.45) is 0 Å². The summed E-state index contributed by atoms with van der Waals surface area (Å²) in [4.78, 5) is 12.5. The van der Waals surface area contributed by atoms with Crippen molar-refractivity contribution in [2.45, 2.75) is 24.1 Å². The number of carbonyl (C=O) groups excluding carboxylic acids is 1. The summed E-state index contributed by atoms with van der Waals surface area (Å²) in [5, 5.41) is 3.77. The van der Waals surface area contributed by atoms with E-state index in [0.717, 1.165) is 24.5 Å². The number of hydrogen-bond donors (Lipinski definition) is 1. The van der Waals surface area contributed by atoms with E-state index in [1.165, 1.54) is 0 Å². The number of ether oxygens (including phenoxy) is 2. The van der Waals surface area contributed by atoms with Crippen LogP contribution in [0.3, 0.4) is 0 Å². The van der Waals surface area contributed by atoms with E-state index >= 15 is 0 Å². The minimum Gasteiger partial charge on any atom is -0.464 e. The van der Waals surface area contributed by atoms with Gasteiger partial charge in [0.1, 0.15) is 5.54 Å². The summed E-state index contributed by atoms with van der Waals surface area (Å²) in [5.74, 6) is 0.687. The average molecular weight is 309 g/mol. The molecule has 1 unspecified atom stereocenters. The molecule has 1 fully saturated rings. The molecular formula is C16H23NO3S. The van der Waals surface area contributed by atoms with Gasteiger partial charge in [0, 0.05) is 0 Å². The molecule has 116 valence electrons.